The second-order valence-corrected chi connectivity index (χ2v) is 6.67. The molecule has 0 aliphatic rings. The molecule has 0 aromatic heterocycles. The molecular formula is C20H25NO2. The lowest BCUT2D eigenvalue weighted by Gasteiger charge is -2.19. The fourth-order valence-corrected chi connectivity index (χ4v) is 2.27. The van der Waals surface area contributed by atoms with E-state index in [1.165, 1.54) is 11.1 Å². The van der Waals surface area contributed by atoms with E-state index in [1.54, 1.807) is 0 Å². The van der Waals surface area contributed by atoms with Gasteiger partial charge in [-0.1, -0.05) is 52.0 Å². The number of rotatable bonds is 5. The summed E-state index contributed by atoms with van der Waals surface area (Å²) in [5, 5.41) is 2.86. The van der Waals surface area contributed by atoms with Crippen molar-refractivity contribution in [3.63, 3.8) is 0 Å². The number of carbonyl (C=O) groups excluding carboxylic acids is 1. The maximum Gasteiger partial charge on any atom is 0.262 e. The van der Waals surface area contributed by atoms with Gasteiger partial charge in [-0.15, -0.1) is 0 Å². The Balaban J connectivity index is 1.89. The Morgan fingerprint density at radius 3 is 2.39 bits per heavy atom. The number of nitrogens with one attached hydrogen (secondary N) is 1. The van der Waals surface area contributed by atoms with E-state index in [1.807, 2.05) is 48.5 Å². The van der Waals surface area contributed by atoms with Crippen molar-refractivity contribution in [2.24, 2.45) is 0 Å². The lowest BCUT2D eigenvalue weighted by molar-refractivity contribution is -0.118. The second-order valence-electron chi connectivity index (χ2n) is 6.67. The Hall–Kier alpha value is -2.29. The molecule has 2 rings (SSSR count). The van der Waals surface area contributed by atoms with Crippen LogP contribution >= 0.6 is 0 Å². The van der Waals surface area contributed by atoms with Crippen molar-refractivity contribution < 1.29 is 9.53 Å². The van der Waals surface area contributed by atoms with Crippen molar-refractivity contribution in [1.82, 2.24) is 0 Å². The Morgan fingerprint density at radius 2 is 1.78 bits per heavy atom. The van der Waals surface area contributed by atoms with Crippen LogP contribution in [0.15, 0.2) is 48.5 Å². The fourth-order valence-electron chi connectivity index (χ4n) is 2.27. The molecule has 0 saturated carbocycles. The molecule has 1 N–H and O–H groups in total. The van der Waals surface area contributed by atoms with Gasteiger partial charge >= 0.3 is 0 Å². The predicted octanol–water partition coefficient (Wildman–Crippen LogP) is 4.56. The van der Waals surface area contributed by atoms with Crippen LogP contribution in [0.25, 0.3) is 0 Å². The maximum atomic E-state index is 12.0. The first-order valence-corrected chi connectivity index (χ1v) is 8.00. The topological polar surface area (TPSA) is 38.3 Å². The van der Waals surface area contributed by atoms with Crippen molar-refractivity contribution in [1.29, 1.82) is 0 Å². The van der Waals surface area contributed by atoms with Gasteiger partial charge in [-0.05, 0) is 47.2 Å². The molecule has 0 saturated heterocycles. The maximum absolute atomic E-state index is 12.0. The van der Waals surface area contributed by atoms with Gasteiger partial charge in [0.25, 0.3) is 5.91 Å². The molecule has 0 heterocycles. The van der Waals surface area contributed by atoms with Gasteiger partial charge in [0.15, 0.2) is 6.61 Å². The van der Waals surface area contributed by atoms with E-state index in [9.17, 15) is 4.79 Å². The molecule has 0 aliphatic carbocycles. The summed E-state index contributed by atoms with van der Waals surface area (Å²) < 4.78 is 5.55. The minimum Gasteiger partial charge on any atom is -0.484 e. The fraction of sp³-hybridized carbons (Fsp3) is 0.350. The van der Waals surface area contributed by atoms with Crippen molar-refractivity contribution in [3.8, 4) is 5.75 Å². The molecule has 3 nitrogen and oxygen atoms in total. The summed E-state index contributed by atoms with van der Waals surface area (Å²) in [5.74, 6) is 0.550. The van der Waals surface area contributed by atoms with E-state index in [4.69, 9.17) is 4.74 Å². The molecule has 0 spiro atoms. The average Bonchev–Trinajstić information content (AvgIpc) is 2.52. The highest BCUT2D eigenvalue weighted by atomic mass is 16.5. The molecule has 0 atom stereocenters. The largest absolute Gasteiger partial charge is 0.484 e. The van der Waals surface area contributed by atoms with E-state index >= 15 is 0 Å². The van der Waals surface area contributed by atoms with Gasteiger partial charge in [0, 0.05) is 5.69 Å². The number of aryl methyl sites for hydroxylation is 1. The first-order chi connectivity index (χ1) is 10.9. The van der Waals surface area contributed by atoms with Gasteiger partial charge in [-0.3, -0.25) is 4.79 Å². The predicted molar refractivity (Wildman–Crippen MR) is 95.1 cm³/mol. The van der Waals surface area contributed by atoms with Crippen LogP contribution in [0.3, 0.4) is 0 Å². The third kappa shape index (κ3) is 5.13. The molecule has 122 valence electrons. The SMILES string of the molecule is CCc1cccc(NC(=O)COc2ccc(C(C)(C)C)cc2)c1. The highest BCUT2D eigenvalue weighted by Gasteiger charge is 2.13. The number of anilines is 1. The van der Waals surface area contributed by atoms with Gasteiger partial charge in [-0.2, -0.15) is 0 Å². The molecule has 0 radical (unpaired) electrons. The molecule has 2 aromatic rings. The number of amides is 1. The van der Waals surface area contributed by atoms with E-state index in [0.717, 1.165) is 12.1 Å². The van der Waals surface area contributed by atoms with E-state index in [-0.39, 0.29) is 17.9 Å². The lowest BCUT2D eigenvalue weighted by atomic mass is 9.87. The average molecular weight is 311 g/mol. The molecule has 1 amide bonds. The highest BCUT2D eigenvalue weighted by Crippen LogP contribution is 2.24. The first-order valence-electron chi connectivity index (χ1n) is 8.00. The minimum absolute atomic E-state index is 0.00518. The molecular weight excluding hydrogens is 286 g/mol. The number of ether oxygens (including phenoxy) is 1. The zero-order chi connectivity index (χ0) is 16.9. The summed E-state index contributed by atoms with van der Waals surface area (Å²) in [6, 6.07) is 15.8. The molecule has 0 bridgehead atoms. The van der Waals surface area contributed by atoms with Crippen LogP contribution in [0, 0.1) is 0 Å². The molecule has 0 fully saturated rings. The van der Waals surface area contributed by atoms with E-state index in [0.29, 0.717) is 5.75 Å². The van der Waals surface area contributed by atoms with Crippen molar-refractivity contribution in [2.45, 2.75) is 39.5 Å². The quantitative estimate of drug-likeness (QED) is 0.879. The monoisotopic (exact) mass is 311 g/mol. The summed E-state index contributed by atoms with van der Waals surface area (Å²) in [6.45, 7) is 8.60. The summed E-state index contributed by atoms with van der Waals surface area (Å²) in [7, 11) is 0. The second kappa shape index (κ2) is 7.32. The van der Waals surface area contributed by atoms with Crippen LogP contribution in [0.5, 0.6) is 5.75 Å². The van der Waals surface area contributed by atoms with Crippen LogP contribution in [0.2, 0.25) is 0 Å². The van der Waals surface area contributed by atoms with Crippen LogP contribution in [0.1, 0.15) is 38.8 Å². The van der Waals surface area contributed by atoms with Gasteiger partial charge < -0.3 is 10.1 Å². The lowest BCUT2D eigenvalue weighted by Crippen LogP contribution is -2.20. The normalized spacial score (nSPS) is 11.1. The van der Waals surface area contributed by atoms with Gasteiger partial charge in [0.05, 0.1) is 0 Å². The minimum atomic E-state index is -0.154. The zero-order valence-electron chi connectivity index (χ0n) is 14.3. The van der Waals surface area contributed by atoms with Crippen molar-refractivity contribution >= 4 is 11.6 Å². The van der Waals surface area contributed by atoms with Crippen molar-refractivity contribution in [3.05, 3.63) is 59.7 Å². The van der Waals surface area contributed by atoms with Crippen molar-refractivity contribution in [2.75, 3.05) is 11.9 Å². The van der Waals surface area contributed by atoms with Gasteiger partial charge in [-0.25, -0.2) is 0 Å². The number of carbonyl (C=O) groups is 1. The summed E-state index contributed by atoms with van der Waals surface area (Å²) >= 11 is 0. The molecule has 3 heteroatoms. The van der Waals surface area contributed by atoms with Gasteiger partial charge in [0.1, 0.15) is 5.75 Å². The number of hydrogen-bond donors (Lipinski definition) is 1. The first kappa shape index (κ1) is 17.1. The number of hydrogen-bond acceptors (Lipinski definition) is 2. The summed E-state index contributed by atoms with van der Waals surface area (Å²) in [5.41, 5.74) is 3.36. The Morgan fingerprint density at radius 1 is 1.09 bits per heavy atom. The van der Waals surface area contributed by atoms with Crippen LogP contribution in [-0.4, -0.2) is 12.5 Å². The molecule has 23 heavy (non-hydrogen) atoms. The number of benzene rings is 2. The van der Waals surface area contributed by atoms with Gasteiger partial charge in [0.2, 0.25) is 0 Å². The Labute approximate surface area is 138 Å². The Kier molecular flexibility index (Phi) is 5.43. The summed E-state index contributed by atoms with van der Waals surface area (Å²) in [6.07, 6.45) is 0.945. The third-order valence-corrected chi connectivity index (χ3v) is 3.71. The van der Waals surface area contributed by atoms with Crippen LogP contribution in [-0.2, 0) is 16.6 Å². The van der Waals surface area contributed by atoms with Crippen LogP contribution in [0.4, 0.5) is 5.69 Å². The highest BCUT2D eigenvalue weighted by molar-refractivity contribution is 5.91. The smallest absolute Gasteiger partial charge is 0.262 e. The Bertz CT molecular complexity index is 654. The van der Waals surface area contributed by atoms with E-state index in [2.05, 4.69) is 33.0 Å². The van der Waals surface area contributed by atoms with Crippen LogP contribution < -0.4 is 10.1 Å². The van der Waals surface area contributed by atoms with E-state index < -0.39 is 0 Å². The molecule has 0 unspecified atom stereocenters. The molecule has 0 aliphatic heterocycles. The third-order valence-electron chi connectivity index (χ3n) is 3.71. The molecule has 2 aromatic carbocycles. The standard InChI is InChI=1S/C20H25NO2/c1-5-15-7-6-8-17(13-15)21-19(22)14-23-18-11-9-16(10-12-18)20(2,3)4/h6-13H,5,14H2,1-4H3,(H,21,22). The summed E-state index contributed by atoms with van der Waals surface area (Å²) in [4.78, 5) is 12.0. The zero-order valence-corrected chi connectivity index (χ0v) is 14.3.